The van der Waals surface area contributed by atoms with E-state index >= 15 is 0 Å². The fourth-order valence-electron chi connectivity index (χ4n) is 3.06. The fourth-order valence-corrected chi connectivity index (χ4v) is 3.06. The highest BCUT2D eigenvalue weighted by Gasteiger charge is 2.23. The van der Waals surface area contributed by atoms with Crippen molar-refractivity contribution < 1.29 is 9.72 Å². The van der Waals surface area contributed by atoms with Crippen LogP contribution in [0, 0.1) is 10.1 Å². The topological polar surface area (TPSA) is 99.9 Å². The Morgan fingerprint density at radius 1 is 1.32 bits per heavy atom. The number of hydrogen-bond donors (Lipinski definition) is 2. The van der Waals surface area contributed by atoms with Gasteiger partial charge in [0.25, 0.3) is 5.69 Å². The Labute approximate surface area is 183 Å². The zero-order valence-electron chi connectivity index (χ0n) is 16.5. The van der Waals surface area contributed by atoms with Crippen LogP contribution in [0.2, 0.25) is 0 Å². The van der Waals surface area contributed by atoms with E-state index in [9.17, 15) is 14.9 Å². The summed E-state index contributed by atoms with van der Waals surface area (Å²) in [6, 6.07) is 6.95. The number of aliphatic imine (C=N–C) groups is 1. The van der Waals surface area contributed by atoms with Gasteiger partial charge >= 0.3 is 0 Å². The van der Waals surface area contributed by atoms with E-state index in [0.717, 1.165) is 43.8 Å². The number of halogens is 1. The third kappa shape index (κ3) is 7.99. The van der Waals surface area contributed by atoms with Gasteiger partial charge in [0.05, 0.1) is 4.92 Å². The Hall–Kier alpha value is -1.91. The molecule has 1 saturated heterocycles. The van der Waals surface area contributed by atoms with Crippen molar-refractivity contribution in [3.8, 4) is 0 Å². The van der Waals surface area contributed by atoms with E-state index in [-0.39, 0.29) is 46.5 Å². The van der Waals surface area contributed by atoms with Crippen LogP contribution in [0.4, 0.5) is 5.69 Å². The number of rotatable bonds is 8. The molecule has 0 bridgehead atoms. The molecule has 1 atom stereocenters. The predicted octanol–water partition coefficient (Wildman–Crippen LogP) is 2.71. The summed E-state index contributed by atoms with van der Waals surface area (Å²) < 4.78 is 0. The minimum atomic E-state index is -0.381. The van der Waals surface area contributed by atoms with Gasteiger partial charge in [0, 0.05) is 51.3 Å². The molecule has 0 spiro atoms. The number of nitro groups is 1. The first-order chi connectivity index (χ1) is 13.0. The number of nitrogens with one attached hydrogen (secondary N) is 2. The second-order valence-electron chi connectivity index (χ2n) is 6.80. The number of aryl methyl sites for hydroxylation is 1. The molecule has 0 saturated carbocycles. The minimum Gasteiger partial charge on any atom is -0.357 e. The maximum atomic E-state index is 11.6. The van der Waals surface area contributed by atoms with Crippen molar-refractivity contribution in [2.75, 3.05) is 26.7 Å². The SMILES string of the molecule is CCNC(=NCCCCc1ccc([N+](=O)[O-])cc1)NC1CCC(=O)N(C)C1.I. The van der Waals surface area contributed by atoms with Gasteiger partial charge in [-0.1, -0.05) is 12.1 Å². The standard InChI is InChI=1S/C19H29N5O3.HI/c1-3-20-19(22-16-9-12-18(25)23(2)14-16)21-13-5-4-6-15-7-10-17(11-8-15)24(26)27;/h7-8,10-11,16H,3-6,9,12-14H2,1-2H3,(H2,20,21,22);1H. The molecule has 1 aliphatic heterocycles. The largest absolute Gasteiger partial charge is 0.357 e. The van der Waals surface area contributed by atoms with Gasteiger partial charge in [-0.2, -0.15) is 0 Å². The summed E-state index contributed by atoms with van der Waals surface area (Å²) in [7, 11) is 1.83. The highest BCUT2D eigenvalue weighted by Crippen LogP contribution is 2.13. The number of likely N-dealkylation sites (N-methyl/N-ethyl adjacent to an activating group) is 1. The van der Waals surface area contributed by atoms with Crippen molar-refractivity contribution >= 4 is 41.5 Å². The summed E-state index contributed by atoms with van der Waals surface area (Å²) in [6.45, 7) is 4.23. The monoisotopic (exact) mass is 503 g/mol. The molecule has 0 radical (unpaired) electrons. The van der Waals surface area contributed by atoms with E-state index < -0.39 is 0 Å². The smallest absolute Gasteiger partial charge is 0.269 e. The summed E-state index contributed by atoms with van der Waals surface area (Å²) >= 11 is 0. The van der Waals surface area contributed by atoms with Gasteiger partial charge in [-0.15, -0.1) is 24.0 Å². The van der Waals surface area contributed by atoms with E-state index in [1.807, 2.05) is 26.1 Å². The molecule has 1 aromatic rings. The van der Waals surface area contributed by atoms with Crippen LogP contribution in [-0.2, 0) is 11.2 Å². The summed E-state index contributed by atoms with van der Waals surface area (Å²) in [4.78, 5) is 28.2. The second-order valence-corrected chi connectivity index (χ2v) is 6.80. The number of amides is 1. The maximum absolute atomic E-state index is 11.6. The molecule has 1 fully saturated rings. The predicted molar refractivity (Wildman–Crippen MR) is 121 cm³/mol. The molecule has 0 aliphatic carbocycles. The Morgan fingerprint density at radius 3 is 2.64 bits per heavy atom. The van der Waals surface area contributed by atoms with Crippen LogP contribution >= 0.6 is 24.0 Å². The lowest BCUT2D eigenvalue weighted by molar-refractivity contribution is -0.384. The third-order valence-electron chi connectivity index (χ3n) is 4.60. The van der Waals surface area contributed by atoms with Gasteiger partial charge in [0.1, 0.15) is 0 Å². The number of nitro benzene ring substituents is 1. The summed E-state index contributed by atoms with van der Waals surface area (Å²) in [5.41, 5.74) is 1.23. The first kappa shape index (κ1) is 24.1. The molecule has 1 heterocycles. The zero-order valence-corrected chi connectivity index (χ0v) is 18.8. The van der Waals surface area contributed by atoms with E-state index in [4.69, 9.17) is 0 Å². The molecule has 1 unspecified atom stereocenters. The molecular weight excluding hydrogens is 473 g/mol. The first-order valence-corrected chi connectivity index (χ1v) is 9.51. The molecule has 9 heteroatoms. The second kappa shape index (κ2) is 12.5. The van der Waals surface area contributed by atoms with Gasteiger partial charge in [-0.3, -0.25) is 19.9 Å². The molecule has 1 amide bonds. The van der Waals surface area contributed by atoms with Crippen molar-refractivity contribution in [2.24, 2.45) is 4.99 Å². The zero-order chi connectivity index (χ0) is 19.6. The van der Waals surface area contributed by atoms with Crippen LogP contribution in [0.25, 0.3) is 0 Å². The summed E-state index contributed by atoms with van der Waals surface area (Å²) in [6.07, 6.45) is 4.20. The third-order valence-corrected chi connectivity index (χ3v) is 4.60. The molecule has 1 aromatic carbocycles. The van der Waals surface area contributed by atoms with Crippen LogP contribution in [0.1, 0.15) is 38.2 Å². The number of nitrogens with zero attached hydrogens (tertiary/aromatic N) is 3. The van der Waals surface area contributed by atoms with Crippen molar-refractivity contribution in [3.63, 3.8) is 0 Å². The van der Waals surface area contributed by atoms with Crippen molar-refractivity contribution in [3.05, 3.63) is 39.9 Å². The van der Waals surface area contributed by atoms with Gasteiger partial charge in [0.2, 0.25) is 5.91 Å². The Balaban J connectivity index is 0.00000392. The lowest BCUT2D eigenvalue weighted by Crippen LogP contribution is -2.51. The number of non-ortho nitro benzene ring substituents is 1. The van der Waals surface area contributed by atoms with Gasteiger partial charge in [0.15, 0.2) is 5.96 Å². The van der Waals surface area contributed by atoms with E-state index in [2.05, 4.69) is 15.6 Å². The summed E-state index contributed by atoms with van der Waals surface area (Å²) in [5.74, 6) is 0.988. The first-order valence-electron chi connectivity index (χ1n) is 9.51. The number of guanidine groups is 1. The molecule has 2 rings (SSSR count). The van der Waals surface area contributed by atoms with Gasteiger partial charge in [-0.05, 0) is 38.2 Å². The number of unbranched alkanes of at least 4 members (excludes halogenated alkanes) is 1. The average molecular weight is 503 g/mol. The maximum Gasteiger partial charge on any atom is 0.269 e. The lowest BCUT2D eigenvalue weighted by atomic mass is 10.1. The molecular formula is C19H30IN5O3. The van der Waals surface area contributed by atoms with Crippen molar-refractivity contribution in [1.82, 2.24) is 15.5 Å². The molecule has 1 aliphatic rings. The number of likely N-dealkylation sites (tertiary alicyclic amines) is 1. The van der Waals surface area contributed by atoms with E-state index in [1.165, 1.54) is 0 Å². The highest BCUT2D eigenvalue weighted by atomic mass is 127. The van der Waals surface area contributed by atoms with Crippen molar-refractivity contribution in [1.29, 1.82) is 0 Å². The molecule has 28 heavy (non-hydrogen) atoms. The van der Waals surface area contributed by atoms with Gasteiger partial charge < -0.3 is 15.5 Å². The number of carbonyl (C=O) groups is 1. The number of benzene rings is 1. The van der Waals surface area contributed by atoms with Crippen LogP contribution < -0.4 is 10.6 Å². The van der Waals surface area contributed by atoms with E-state index in [0.29, 0.717) is 19.5 Å². The lowest BCUT2D eigenvalue weighted by Gasteiger charge is -2.31. The van der Waals surface area contributed by atoms with Crippen LogP contribution in [0.5, 0.6) is 0 Å². The molecule has 156 valence electrons. The Kier molecular flexibility index (Phi) is 10.8. The molecule has 8 nitrogen and oxygen atoms in total. The highest BCUT2D eigenvalue weighted by molar-refractivity contribution is 14.0. The molecule has 2 N–H and O–H groups in total. The van der Waals surface area contributed by atoms with E-state index in [1.54, 1.807) is 17.0 Å². The Bertz CT molecular complexity index is 666. The summed E-state index contributed by atoms with van der Waals surface area (Å²) in [5, 5.41) is 17.3. The van der Waals surface area contributed by atoms with Gasteiger partial charge in [-0.25, -0.2) is 0 Å². The quantitative estimate of drug-likeness (QED) is 0.142. The fraction of sp³-hybridized carbons (Fsp3) is 0.579. The normalized spacial score (nSPS) is 17.1. The van der Waals surface area contributed by atoms with Crippen molar-refractivity contribution in [2.45, 2.75) is 45.1 Å². The Morgan fingerprint density at radius 2 is 2.04 bits per heavy atom. The number of piperidine rings is 1. The van der Waals surface area contributed by atoms with Crippen LogP contribution in [0.15, 0.2) is 29.3 Å². The number of hydrogen-bond acceptors (Lipinski definition) is 4. The van der Waals surface area contributed by atoms with Crippen LogP contribution in [-0.4, -0.2) is 54.4 Å². The average Bonchev–Trinajstić information content (AvgIpc) is 2.65. The van der Waals surface area contributed by atoms with Crippen LogP contribution in [0.3, 0.4) is 0 Å². The number of carbonyl (C=O) groups excluding carboxylic acids is 1. The minimum absolute atomic E-state index is 0. The molecule has 0 aromatic heterocycles.